The van der Waals surface area contributed by atoms with Crippen molar-refractivity contribution in [2.24, 2.45) is 0 Å². The molecule has 35 heavy (non-hydrogen) atoms. The number of unbranched alkanes of at least 4 members (excludes halogenated alkanes) is 4. The first kappa shape index (κ1) is 29.8. The number of carbonyl (C=O) groups excluding carboxylic acids is 1. The highest BCUT2D eigenvalue weighted by atomic mass is 16.4. The fourth-order valence-electron chi connectivity index (χ4n) is 3.34. The molecule has 0 radical (unpaired) electrons. The maximum atomic E-state index is 12.1. The van der Waals surface area contributed by atoms with Crippen molar-refractivity contribution >= 4 is 11.9 Å². The summed E-state index contributed by atoms with van der Waals surface area (Å²) in [6.45, 7) is 2.22. The molecule has 0 aromatic heterocycles. The highest BCUT2D eigenvalue weighted by molar-refractivity contribution is 5.83. The molecule has 0 aliphatic rings. The summed E-state index contributed by atoms with van der Waals surface area (Å²) in [6.07, 6.45) is 26.6. The topological polar surface area (TPSA) is 107 Å². The first-order valence-corrected chi connectivity index (χ1v) is 12.6. The first-order chi connectivity index (χ1) is 16.9. The van der Waals surface area contributed by atoms with E-state index in [9.17, 15) is 24.9 Å². The smallest absolute Gasteiger partial charge is 0.326 e. The number of carboxylic acids is 1. The molecule has 4 N–H and O–H groups in total. The first-order valence-electron chi connectivity index (χ1n) is 12.6. The van der Waals surface area contributed by atoms with Gasteiger partial charge in [0.25, 0.3) is 0 Å². The molecule has 0 saturated carbocycles. The van der Waals surface area contributed by atoms with Crippen molar-refractivity contribution in [3.8, 4) is 11.5 Å². The molecule has 0 aliphatic heterocycles. The van der Waals surface area contributed by atoms with Crippen molar-refractivity contribution in [2.45, 2.75) is 83.6 Å². The lowest BCUT2D eigenvalue weighted by atomic mass is 10.0. The van der Waals surface area contributed by atoms with Crippen LogP contribution >= 0.6 is 0 Å². The minimum atomic E-state index is -1.15. The van der Waals surface area contributed by atoms with Crippen LogP contribution in [0.1, 0.15) is 76.7 Å². The molecular weight excluding hydrogens is 442 g/mol. The van der Waals surface area contributed by atoms with Crippen molar-refractivity contribution in [3.63, 3.8) is 0 Å². The maximum absolute atomic E-state index is 12.1. The molecule has 0 spiro atoms. The normalized spacial score (nSPS) is 12.8. The van der Waals surface area contributed by atoms with Gasteiger partial charge >= 0.3 is 5.97 Å². The Morgan fingerprint density at radius 3 is 1.94 bits per heavy atom. The molecule has 0 bridgehead atoms. The number of nitrogens with one attached hydrogen (secondary N) is 1. The Morgan fingerprint density at radius 2 is 1.40 bits per heavy atom. The van der Waals surface area contributed by atoms with Gasteiger partial charge in [-0.3, -0.25) is 4.79 Å². The van der Waals surface area contributed by atoms with E-state index in [-0.39, 0.29) is 30.2 Å². The van der Waals surface area contributed by atoms with Crippen molar-refractivity contribution in [2.75, 3.05) is 0 Å². The molecule has 1 amide bonds. The van der Waals surface area contributed by atoms with Crippen LogP contribution in [0.4, 0.5) is 0 Å². The summed E-state index contributed by atoms with van der Waals surface area (Å²) >= 11 is 0. The summed E-state index contributed by atoms with van der Waals surface area (Å²) in [4.78, 5) is 23.6. The van der Waals surface area contributed by atoms with Crippen LogP contribution in [0.25, 0.3) is 0 Å². The molecule has 0 unspecified atom stereocenters. The molecule has 1 aromatic carbocycles. The Labute approximate surface area is 209 Å². The van der Waals surface area contributed by atoms with E-state index in [1.807, 2.05) is 6.08 Å². The SMILES string of the molecule is CCCCC/C=C\C/C=C\C/C=C\C/C=C\CCCC(=O)N[C@@H](Cc1ccc(O)c(O)c1)C(=O)O. The maximum Gasteiger partial charge on any atom is 0.326 e. The monoisotopic (exact) mass is 483 g/mol. The molecule has 1 atom stereocenters. The summed E-state index contributed by atoms with van der Waals surface area (Å²) in [5.41, 5.74) is 0.508. The van der Waals surface area contributed by atoms with Gasteiger partial charge in [0.1, 0.15) is 6.04 Å². The summed E-state index contributed by atoms with van der Waals surface area (Å²) < 4.78 is 0. The number of phenolic OH excluding ortho intramolecular Hbond substituents is 2. The van der Waals surface area contributed by atoms with Gasteiger partial charge in [0, 0.05) is 12.8 Å². The molecule has 0 fully saturated rings. The van der Waals surface area contributed by atoms with Crippen LogP contribution in [-0.4, -0.2) is 33.2 Å². The second-order valence-corrected chi connectivity index (χ2v) is 8.47. The van der Waals surface area contributed by atoms with Crippen molar-refractivity contribution in [1.82, 2.24) is 5.32 Å². The molecule has 1 rings (SSSR count). The number of allylic oxidation sites excluding steroid dienone is 8. The zero-order valence-corrected chi connectivity index (χ0v) is 20.9. The fourth-order valence-corrected chi connectivity index (χ4v) is 3.34. The quantitative estimate of drug-likeness (QED) is 0.110. The molecule has 0 heterocycles. The van der Waals surface area contributed by atoms with Crippen molar-refractivity contribution in [1.29, 1.82) is 0 Å². The number of hydrogen-bond donors (Lipinski definition) is 4. The largest absolute Gasteiger partial charge is 0.504 e. The van der Waals surface area contributed by atoms with Crippen molar-refractivity contribution in [3.05, 3.63) is 72.4 Å². The third-order valence-corrected chi connectivity index (χ3v) is 5.35. The molecule has 6 heteroatoms. The number of amides is 1. The summed E-state index contributed by atoms with van der Waals surface area (Å²) in [6, 6.07) is 3.00. The van der Waals surface area contributed by atoms with Crippen LogP contribution < -0.4 is 5.32 Å². The van der Waals surface area contributed by atoms with Gasteiger partial charge in [0.2, 0.25) is 5.91 Å². The lowest BCUT2D eigenvalue weighted by Gasteiger charge is -2.15. The van der Waals surface area contributed by atoms with Crippen LogP contribution in [0.15, 0.2) is 66.8 Å². The number of carboxylic acid groups (broad SMARTS) is 1. The van der Waals surface area contributed by atoms with Gasteiger partial charge in [-0.2, -0.15) is 0 Å². The zero-order valence-electron chi connectivity index (χ0n) is 20.9. The van der Waals surface area contributed by atoms with Crippen molar-refractivity contribution < 1.29 is 24.9 Å². The van der Waals surface area contributed by atoms with E-state index in [1.54, 1.807) is 0 Å². The molecule has 192 valence electrons. The van der Waals surface area contributed by atoms with E-state index < -0.39 is 12.0 Å². The predicted molar refractivity (Wildman–Crippen MR) is 141 cm³/mol. The molecule has 0 saturated heterocycles. The fraction of sp³-hybridized carbons (Fsp3) is 0.448. The van der Waals surface area contributed by atoms with Crippen LogP contribution in [0.5, 0.6) is 11.5 Å². The average molecular weight is 484 g/mol. The molecular formula is C29H41NO5. The number of aliphatic carboxylic acids is 1. The Hall–Kier alpha value is -3.28. The van der Waals surface area contributed by atoms with Crippen LogP contribution in [0.2, 0.25) is 0 Å². The van der Waals surface area contributed by atoms with E-state index in [0.717, 1.165) is 25.7 Å². The van der Waals surface area contributed by atoms with Crippen LogP contribution in [0.3, 0.4) is 0 Å². The molecule has 0 aliphatic carbocycles. The number of aromatic hydroxyl groups is 2. The third-order valence-electron chi connectivity index (χ3n) is 5.35. The summed E-state index contributed by atoms with van der Waals surface area (Å²) in [5, 5.41) is 30.8. The van der Waals surface area contributed by atoms with Gasteiger partial charge < -0.3 is 20.6 Å². The van der Waals surface area contributed by atoms with E-state index in [2.05, 4.69) is 54.8 Å². The summed E-state index contributed by atoms with van der Waals surface area (Å²) in [5.74, 6) is -2.07. The van der Waals surface area contributed by atoms with Crippen LogP contribution in [-0.2, 0) is 16.0 Å². The standard InChI is InChI=1S/C29H41NO5/c1-2-3-4-5-6-7-8-9-10-11-12-13-14-15-16-17-18-19-28(33)30-25(29(34)35)22-24-20-21-26(31)27(32)23-24/h6-7,9-10,12-13,15-16,20-21,23,25,31-32H,2-5,8,11,14,17-19,22H2,1H3,(H,30,33)(H,34,35)/b7-6-,10-9-,13-12-,16-15-/t25-/m0/s1. The Balaban J connectivity index is 2.17. The number of benzene rings is 1. The van der Waals surface area contributed by atoms with E-state index in [0.29, 0.717) is 12.0 Å². The summed E-state index contributed by atoms with van der Waals surface area (Å²) in [7, 11) is 0. The lowest BCUT2D eigenvalue weighted by molar-refractivity contribution is -0.141. The second kappa shape index (κ2) is 19.1. The number of hydrogen-bond acceptors (Lipinski definition) is 4. The highest BCUT2D eigenvalue weighted by Crippen LogP contribution is 2.25. The van der Waals surface area contributed by atoms with Gasteiger partial charge in [0.05, 0.1) is 0 Å². The zero-order chi connectivity index (χ0) is 25.7. The Bertz CT molecular complexity index is 870. The van der Waals surface area contributed by atoms with Gasteiger partial charge in [-0.05, 0) is 62.6 Å². The third kappa shape index (κ3) is 15.3. The predicted octanol–water partition coefficient (Wildman–Crippen LogP) is 6.36. The van der Waals surface area contributed by atoms with E-state index in [4.69, 9.17) is 0 Å². The van der Waals surface area contributed by atoms with Gasteiger partial charge in [0.15, 0.2) is 11.5 Å². The molecule has 1 aromatic rings. The average Bonchev–Trinajstić information content (AvgIpc) is 2.83. The van der Waals surface area contributed by atoms with Gasteiger partial charge in [-0.1, -0.05) is 74.4 Å². The highest BCUT2D eigenvalue weighted by Gasteiger charge is 2.20. The Kier molecular flexibility index (Phi) is 16.2. The number of carbonyl (C=O) groups is 2. The molecule has 6 nitrogen and oxygen atoms in total. The number of phenols is 2. The van der Waals surface area contributed by atoms with Crippen LogP contribution in [0, 0.1) is 0 Å². The minimum absolute atomic E-state index is 0.0199. The van der Waals surface area contributed by atoms with E-state index in [1.165, 1.54) is 43.9 Å². The Morgan fingerprint density at radius 1 is 0.829 bits per heavy atom. The van der Waals surface area contributed by atoms with E-state index >= 15 is 0 Å². The second-order valence-electron chi connectivity index (χ2n) is 8.47. The lowest BCUT2D eigenvalue weighted by Crippen LogP contribution is -2.42. The van der Waals surface area contributed by atoms with Gasteiger partial charge in [-0.15, -0.1) is 0 Å². The number of rotatable bonds is 18. The van der Waals surface area contributed by atoms with Gasteiger partial charge in [-0.25, -0.2) is 4.79 Å². The minimum Gasteiger partial charge on any atom is -0.504 e.